The van der Waals surface area contributed by atoms with Crippen LogP contribution in [0.1, 0.15) is 46.6 Å². The van der Waals surface area contributed by atoms with E-state index in [2.05, 4.69) is 91.9 Å². The molecule has 0 bridgehead atoms. The van der Waals surface area contributed by atoms with Crippen molar-refractivity contribution in [2.45, 2.75) is 56.9 Å². The van der Waals surface area contributed by atoms with E-state index in [0.29, 0.717) is 17.8 Å². The van der Waals surface area contributed by atoms with Crippen molar-refractivity contribution in [2.24, 2.45) is 16.6 Å². The summed E-state index contributed by atoms with van der Waals surface area (Å²) in [6.07, 6.45) is 1.12. The monoisotopic (exact) mass is 496 g/mol. The van der Waals surface area contributed by atoms with E-state index in [1.807, 2.05) is 11.8 Å². The molecule has 4 nitrogen and oxygen atoms in total. The summed E-state index contributed by atoms with van der Waals surface area (Å²) in [5, 5.41) is 0. The number of para-hydroxylation sites is 1. The average Bonchev–Trinajstić information content (AvgIpc) is 2.78. The Kier molecular flexibility index (Phi) is 11.9. The van der Waals surface area contributed by atoms with Crippen LogP contribution >= 0.6 is 36.6 Å². The molecule has 0 spiro atoms. The van der Waals surface area contributed by atoms with Crippen LogP contribution in [-0.2, 0) is 0 Å². The number of likely N-dealkylation sites (N-methyl/N-ethyl adjacent to an activating group) is 1. The lowest BCUT2D eigenvalue weighted by Crippen LogP contribution is -2.41. The first-order valence-electron chi connectivity index (χ1n) is 11.2. The molecule has 2 aromatic carbocycles. The van der Waals surface area contributed by atoms with Crippen LogP contribution in [0.2, 0.25) is 0 Å². The van der Waals surface area contributed by atoms with Crippen LogP contribution < -0.4 is 10.6 Å². The second-order valence-electron chi connectivity index (χ2n) is 8.20. The third-order valence-electron chi connectivity index (χ3n) is 5.99. The second kappa shape index (κ2) is 13.3. The zero-order valence-electron chi connectivity index (χ0n) is 19.9. The van der Waals surface area contributed by atoms with Crippen LogP contribution in [-0.4, -0.2) is 43.0 Å². The Balaban J connectivity index is 0.00000256. The first-order chi connectivity index (χ1) is 14.5. The maximum Gasteiger partial charge on any atom is 0.125 e. The van der Waals surface area contributed by atoms with Gasteiger partial charge < -0.3 is 15.5 Å². The van der Waals surface area contributed by atoms with Crippen LogP contribution in [0.5, 0.6) is 0 Å². The van der Waals surface area contributed by atoms with Crippen molar-refractivity contribution < 1.29 is 0 Å². The Labute approximate surface area is 210 Å². The summed E-state index contributed by atoms with van der Waals surface area (Å²) in [6.45, 7) is 15.1. The Morgan fingerprint density at radius 1 is 1.00 bits per heavy atom. The predicted octanol–water partition coefficient (Wildman–Crippen LogP) is 6.61. The molecule has 0 amide bonds. The zero-order chi connectivity index (χ0) is 21.7. The average molecular weight is 498 g/mol. The zero-order valence-corrected chi connectivity index (χ0v) is 22.3. The number of nitrogens with two attached hydrogens (primary N) is 1. The fraction of sp³-hybridized carbons (Fsp3) is 0.480. The molecule has 0 aliphatic carbocycles. The molecule has 2 N–H and O–H groups in total. The fourth-order valence-electron chi connectivity index (χ4n) is 3.83. The molecule has 0 unspecified atom stereocenters. The number of hydrogen-bond donors (Lipinski definition) is 1. The third kappa shape index (κ3) is 6.57. The first-order valence-corrected chi connectivity index (χ1v) is 12.0. The van der Waals surface area contributed by atoms with Crippen LogP contribution in [0.4, 0.5) is 11.4 Å². The number of halogens is 2. The van der Waals surface area contributed by atoms with Gasteiger partial charge in [0.25, 0.3) is 0 Å². The normalized spacial score (nSPS) is 14.7. The molecule has 0 aromatic heterocycles. The van der Waals surface area contributed by atoms with Crippen LogP contribution in [0.15, 0.2) is 57.2 Å². The van der Waals surface area contributed by atoms with Gasteiger partial charge in [-0.2, -0.15) is 0 Å². The van der Waals surface area contributed by atoms with E-state index in [4.69, 9.17) is 5.73 Å². The molecular formula is C25H38Cl2N4S. The number of anilines is 2. The Bertz CT molecular complexity index is 886. The Morgan fingerprint density at radius 3 is 2.31 bits per heavy atom. The van der Waals surface area contributed by atoms with E-state index in [1.54, 1.807) is 0 Å². The van der Waals surface area contributed by atoms with Crippen molar-refractivity contribution in [3.05, 3.63) is 48.0 Å². The highest BCUT2D eigenvalue weighted by atomic mass is 35.5. The lowest BCUT2D eigenvalue weighted by molar-refractivity contribution is 0.288. The van der Waals surface area contributed by atoms with Crippen LogP contribution in [0.3, 0.4) is 0 Å². The minimum Gasteiger partial charge on any atom is -0.384 e. The Hall–Kier alpha value is -1.40. The number of rotatable bonds is 9. The predicted molar refractivity (Wildman–Crippen MR) is 146 cm³/mol. The molecule has 32 heavy (non-hydrogen) atoms. The summed E-state index contributed by atoms with van der Waals surface area (Å²) in [5.74, 6) is 1.19. The van der Waals surface area contributed by atoms with Gasteiger partial charge in [-0.25, -0.2) is 0 Å². The third-order valence-corrected chi connectivity index (χ3v) is 7.12. The van der Waals surface area contributed by atoms with E-state index < -0.39 is 0 Å². The molecule has 3 rings (SSSR count). The maximum absolute atomic E-state index is 6.39. The number of amidine groups is 1. The van der Waals surface area contributed by atoms with E-state index in [1.165, 1.54) is 21.2 Å². The van der Waals surface area contributed by atoms with Crippen molar-refractivity contribution in [3.8, 4) is 0 Å². The van der Waals surface area contributed by atoms with E-state index in [-0.39, 0.29) is 24.8 Å². The fourth-order valence-corrected chi connectivity index (χ4v) is 4.88. The van der Waals surface area contributed by atoms with Crippen LogP contribution in [0.25, 0.3) is 0 Å². The summed E-state index contributed by atoms with van der Waals surface area (Å²) in [6, 6.07) is 15.6. The van der Waals surface area contributed by atoms with Crippen molar-refractivity contribution in [1.82, 2.24) is 4.90 Å². The molecule has 0 radical (unpaired) electrons. The lowest BCUT2D eigenvalue weighted by atomic mass is 10.1. The minimum atomic E-state index is 0. The highest BCUT2D eigenvalue weighted by Crippen LogP contribution is 2.49. The molecule has 2 atom stereocenters. The van der Waals surface area contributed by atoms with E-state index in [9.17, 15) is 0 Å². The summed E-state index contributed by atoms with van der Waals surface area (Å²) in [4.78, 5) is 12.2. The van der Waals surface area contributed by atoms with Gasteiger partial charge >= 0.3 is 0 Å². The number of hydrogen-bond acceptors (Lipinski definition) is 4. The first kappa shape index (κ1) is 28.6. The summed E-state index contributed by atoms with van der Waals surface area (Å²) < 4.78 is 0. The van der Waals surface area contributed by atoms with E-state index in [0.717, 1.165) is 38.2 Å². The molecule has 0 saturated carbocycles. The van der Waals surface area contributed by atoms with Gasteiger partial charge in [0.1, 0.15) is 5.84 Å². The van der Waals surface area contributed by atoms with Gasteiger partial charge in [-0.3, -0.25) is 4.99 Å². The quantitative estimate of drug-likeness (QED) is 0.313. The highest BCUT2D eigenvalue weighted by molar-refractivity contribution is 7.99. The summed E-state index contributed by atoms with van der Waals surface area (Å²) in [7, 11) is 0. The topological polar surface area (TPSA) is 44.9 Å². The smallest absolute Gasteiger partial charge is 0.125 e. The molecule has 0 saturated heterocycles. The number of aliphatic imine (C=N–C) groups is 1. The minimum absolute atomic E-state index is 0. The van der Waals surface area contributed by atoms with Gasteiger partial charge in [0.05, 0.1) is 11.4 Å². The van der Waals surface area contributed by atoms with Crippen LogP contribution in [0, 0.1) is 5.92 Å². The standard InChI is InChI=1S/C25H36N4S.2ClH/c1-6-18(4)16-27-25(26)20-13-14-24-22(15-20)29(19(5)17-28(7-2)8-3)21-11-9-10-12-23(21)30-24;;/h9-15,18-19H,6-8,16-17H2,1-5H3,(H2,26,27);2*1H/t18-,19-;;/m1../s1. The highest BCUT2D eigenvalue weighted by Gasteiger charge is 2.28. The number of fused-ring (bicyclic) bond motifs is 2. The Morgan fingerprint density at radius 2 is 1.66 bits per heavy atom. The van der Waals surface area contributed by atoms with Gasteiger partial charge in [0.2, 0.25) is 0 Å². The van der Waals surface area contributed by atoms with Crippen molar-refractivity contribution >= 4 is 53.8 Å². The molecular weight excluding hydrogens is 459 g/mol. The molecule has 0 fully saturated rings. The molecule has 1 aliphatic rings. The van der Waals surface area contributed by atoms with Gasteiger partial charge in [0.15, 0.2) is 0 Å². The summed E-state index contributed by atoms with van der Waals surface area (Å²) >= 11 is 1.84. The van der Waals surface area contributed by atoms with Gasteiger partial charge in [-0.1, -0.05) is 64.1 Å². The molecule has 178 valence electrons. The second-order valence-corrected chi connectivity index (χ2v) is 9.28. The SMILES string of the molecule is CC[C@@H](C)CN=C(N)c1ccc2c(c1)N([C@H](C)CN(CC)CC)c1ccccc1S2.Cl.Cl. The lowest BCUT2D eigenvalue weighted by Gasteiger charge is -2.39. The molecule has 2 aromatic rings. The number of benzene rings is 2. The molecule has 7 heteroatoms. The van der Waals surface area contributed by atoms with Crippen molar-refractivity contribution in [2.75, 3.05) is 31.1 Å². The molecule has 1 heterocycles. The van der Waals surface area contributed by atoms with Crippen molar-refractivity contribution in [1.29, 1.82) is 0 Å². The maximum atomic E-state index is 6.39. The van der Waals surface area contributed by atoms with E-state index >= 15 is 0 Å². The van der Waals surface area contributed by atoms with Crippen molar-refractivity contribution in [3.63, 3.8) is 0 Å². The molecule has 1 aliphatic heterocycles. The van der Waals surface area contributed by atoms with Gasteiger partial charge in [-0.05, 0) is 50.2 Å². The largest absolute Gasteiger partial charge is 0.384 e. The van der Waals surface area contributed by atoms with Gasteiger partial charge in [-0.15, -0.1) is 24.8 Å². The summed E-state index contributed by atoms with van der Waals surface area (Å²) in [5.41, 5.74) is 9.91. The van der Waals surface area contributed by atoms with Gasteiger partial charge in [0, 0.05) is 34.5 Å². The number of nitrogens with zero attached hydrogens (tertiary/aromatic N) is 3.